The van der Waals surface area contributed by atoms with E-state index in [1.807, 2.05) is 6.07 Å². The van der Waals surface area contributed by atoms with Crippen LogP contribution in [0, 0.1) is 0 Å². The van der Waals surface area contributed by atoms with Crippen molar-refractivity contribution in [3.05, 3.63) is 65.3 Å². The third-order valence-electron chi connectivity index (χ3n) is 3.03. The van der Waals surface area contributed by atoms with Gasteiger partial charge in [-0.2, -0.15) is 0 Å². The first-order valence-electron chi connectivity index (χ1n) is 5.30. The molecule has 76 valence electrons. The van der Waals surface area contributed by atoms with Gasteiger partial charge >= 0.3 is 0 Å². The van der Waals surface area contributed by atoms with Crippen LogP contribution >= 0.6 is 0 Å². The Morgan fingerprint density at radius 2 is 1.80 bits per heavy atom. The molecule has 0 amide bonds. The van der Waals surface area contributed by atoms with E-state index in [1.54, 1.807) is 0 Å². The second-order valence-electron chi connectivity index (χ2n) is 4.15. The Balaban J connectivity index is 2.23. The number of rotatable bonds is 2. The molecule has 0 fully saturated rings. The average molecular weight is 196 g/mol. The molecule has 1 aromatic rings. The zero-order valence-electron chi connectivity index (χ0n) is 9.38. The van der Waals surface area contributed by atoms with Crippen LogP contribution in [0.2, 0.25) is 0 Å². The smallest absolute Gasteiger partial charge is 0.00581 e. The molecule has 2 rings (SSSR count). The predicted octanol–water partition coefficient (Wildman–Crippen LogP) is 4.37. The van der Waals surface area contributed by atoms with Gasteiger partial charge in [0.2, 0.25) is 0 Å². The monoisotopic (exact) mass is 196 g/mol. The molecule has 0 unspecified atom stereocenters. The maximum absolute atomic E-state index is 4.18. The van der Waals surface area contributed by atoms with Crippen LogP contribution < -0.4 is 0 Å². The fourth-order valence-corrected chi connectivity index (χ4v) is 1.88. The number of hydrogen-bond donors (Lipinski definition) is 0. The van der Waals surface area contributed by atoms with Crippen LogP contribution in [0.3, 0.4) is 0 Å². The van der Waals surface area contributed by atoms with Gasteiger partial charge in [0, 0.05) is 0 Å². The summed E-state index contributed by atoms with van der Waals surface area (Å²) in [4.78, 5) is 0. The molecular weight excluding hydrogens is 180 g/mol. The molecule has 15 heavy (non-hydrogen) atoms. The van der Waals surface area contributed by atoms with Gasteiger partial charge in [0.05, 0.1) is 0 Å². The van der Waals surface area contributed by atoms with Crippen molar-refractivity contribution in [2.24, 2.45) is 0 Å². The average Bonchev–Trinajstić information content (AvgIpc) is 2.59. The van der Waals surface area contributed by atoms with E-state index in [9.17, 15) is 0 Å². The van der Waals surface area contributed by atoms with Crippen molar-refractivity contribution >= 4 is 5.57 Å². The van der Waals surface area contributed by atoms with Gasteiger partial charge in [-0.15, -0.1) is 0 Å². The van der Waals surface area contributed by atoms with Gasteiger partial charge in [0.15, 0.2) is 0 Å². The molecule has 1 aromatic carbocycles. The maximum atomic E-state index is 4.18. The number of benzene rings is 1. The molecule has 0 bridgehead atoms. The highest BCUT2D eigenvalue weighted by molar-refractivity contribution is 5.79. The molecule has 0 saturated heterocycles. The number of hydrogen-bond acceptors (Lipinski definition) is 0. The van der Waals surface area contributed by atoms with Crippen molar-refractivity contribution in [3.8, 4) is 0 Å². The molecule has 0 spiro atoms. The molecule has 0 atom stereocenters. The lowest BCUT2D eigenvalue weighted by Crippen LogP contribution is -1.86. The van der Waals surface area contributed by atoms with E-state index in [2.05, 4.69) is 50.8 Å². The Bertz CT molecular complexity index is 444. The van der Waals surface area contributed by atoms with Crippen LogP contribution in [0.4, 0.5) is 0 Å². The fraction of sp³-hybridized carbons (Fsp3) is 0.200. The van der Waals surface area contributed by atoms with Crippen LogP contribution in [0.25, 0.3) is 5.57 Å². The molecule has 0 aliphatic heterocycles. The van der Waals surface area contributed by atoms with Gasteiger partial charge in [-0.05, 0) is 37.0 Å². The van der Waals surface area contributed by atoms with Crippen LogP contribution in [-0.2, 0) is 0 Å². The Morgan fingerprint density at radius 1 is 1.13 bits per heavy atom. The first-order chi connectivity index (χ1) is 7.18. The van der Waals surface area contributed by atoms with E-state index in [4.69, 9.17) is 0 Å². The quantitative estimate of drug-likeness (QED) is 0.659. The van der Waals surface area contributed by atoms with E-state index in [-0.39, 0.29) is 0 Å². The van der Waals surface area contributed by atoms with Gasteiger partial charge < -0.3 is 0 Å². The molecule has 0 saturated carbocycles. The topological polar surface area (TPSA) is 0 Å². The van der Waals surface area contributed by atoms with Crippen molar-refractivity contribution in [2.75, 3.05) is 0 Å². The van der Waals surface area contributed by atoms with Gasteiger partial charge in [-0.3, -0.25) is 0 Å². The molecule has 0 heterocycles. The highest BCUT2D eigenvalue weighted by atomic mass is 14.2. The molecule has 0 N–H and O–H groups in total. The predicted molar refractivity (Wildman–Crippen MR) is 66.6 cm³/mol. The van der Waals surface area contributed by atoms with Crippen molar-refractivity contribution in [3.63, 3.8) is 0 Å². The lowest BCUT2D eigenvalue weighted by molar-refractivity contribution is 1.18. The van der Waals surface area contributed by atoms with Gasteiger partial charge in [-0.1, -0.05) is 54.1 Å². The summed E-state index contributed by atoms with van der Waals surface area (Å²) >= 11 is 0. The fourth-order valence-electron chi connectivity index (χ4n) is 1.88. The van der Waals surface area contributed by atoms with Crippen molar-refractivity contribution in [1.82, 2.24) is 0 Å². The summed E-state index contributed by atoms with van der Waals surface area (Å²) in [6, 6.07) is 10.4. The van der Waals surface area contributed by atoms with Gasteiger partial charge in [0.1, 0.15) is 0 Å². The van der Waals surface area contributed by atoms with Crippen molar-refractivity contribution in [2.45, 2.75) is 20.3 Å². The summed E-state index contributed by atoms with van der Waals surface area (Å²) in [6.45, 7) is 8.54. The SMILES string of the molecule is C=C(C1=CC(C)=C(C)C1)c1ccccc1. The molecule has 0 aromatic heterocycles. The van der Waals surface area contributed by atoms with E-state index in [0.717, 1.165) is 12.0 Å². The minimum absolute atomic E-state index is 1.06. The molecule has 1 aliphatic rings. The summed E-state index contributed by atoms with van der Waals surface area (Å²) in [5.74, 6) is 0. The normalized spacial score (nSPS) is 15.5. The molecule has 0 heteroatoms. The van der Waals surface area contributed by atoms with Crippen LogP contribution in [0.15, 0.2) is 59.7 Å². The molecule has 1 aliphatic carbocycles. The summed E-state index contributed by atoms with van der Waals surface area (Å²) in [5.41, 5.74) is 6.60. The summed E-state index contributed by atoms with van der Waals surface area (Å²) in [7, 11) is 0. The first-order valence-corrected chi connectivity index (χ1v) is 5.30. The highest BCUT2D eigenvalue weighted by Gasteiger charge is 2.12. The Morgan fingerprint density at radius 3 is 2.33 bits per heavy atom. The Kier molecular flexibility index (Phi) is 2.59. The lowest BCUT2D eigenvalue weighted by Gasteiger charge is -2.07. The molecular formula is C15H16. The largest absolute Gasteiger partial charge is 0.0909 e. The van der Waals surface area contributed by atoms with E-state index >= 15 is 0 Å². The first kappa shape index (κ1) is 9.97. The van der Waals surface area contributed by atoms with E-state index in [0.29, 0.717) is 0 Å². The summed E-state index contributed by atoms with van der Waals surface area (Å²) in [5, 5.41) is 0. The zero-order valence-corrected chi connectivity index (χ0v) is 9.38. The van der Waals surface area contributed by atoms with Crippen molar-refractivity contribution in [1.29, 1.82) is 0 Å². The van der Waals surface area contributed by atoms with Crippen LogP contribution in [0.5, 0.6) is 0 Å². The van der Waals surface area contributed by atoms with Crippen LogP contribution in [0.1, 0.15) is 25.8 Å². The summed E-state index contributed by atoms with van der Waals surface area (Å²) < 4.78 is 0. The third kappa shape index (κ3) is 1.94. The lowest BCUT2D eigenvalue weighted by atomic mass is 9.98. The van der Waals surface area contributed by atoms with Gasteiger partial charge in [0.25, 0.3) is 0 Å². The number of allylic oxidation sites excluding steroid dienone is 5. The maximum Gasteiger partial charge on any atom is -0.00581 e. The molecule has 0 radical (unpaired) electrons. The third-order valence-corrected chi connectivity index (χ3v) is 3.03. The van der Waals surface area contributed by atoms with Crippen LogP contribution in [-0.4, -0.2) is 0 Å². The second-order valence-corrected chi connectivity index (χ2v) is 4.15. The molecule has 0 nitrogen and oxygen atoms in total. The minimum Gasteiger partial charge on any atom is -0.0909 e. The Labute approximate surface area is 91.6 Å². The Hall–Kier alpha value is -1.56. The minimum atomic E-state index is 1.06. The second kappa shape index (κ2) is 3.90. The standard InChI is InChI=1S/C15H16/c1-11-9-15(10-12(11)2)13(3)14-7-5-4-6-8-14/h4-9H,3,10H2,1-2H3. The highest BCUT2D eigenvalue weighted by Crippen LogP contribution is 2.33. The van der Waals surface area contributed by atoms with E-state index in [1.165, 1.54) is 22.3 Å². The van der Waals surface area contributed by atoms with E-state index < -0.39 is 0 Å². The zero-order chi connectivity index (χ0) is 10.8. The summed E-state index contributed by atoms with van der Waals surface area (Å²) in [6.07, 6.45) is 3.31. The van der Waals surface area contributed by atoms with Gasteiger partial charge in [-0.25, -0.2) is 0 Å². The van der Waals surface area contributed by atoms with Crippen molar-refractivity contribution < 1.29 is 0 Å².